The van der Waals surface area contributed by atoms with E-state index in [9.17, 15) is 4.79 Å². The van der Waals surface area contributed by atoms with Crippen LogP contribution in [-0.2, 0) is 0 Å². The second kappa shape index (κ2) is 9.69. The van der Waals surface area contributed by atoms with Gasteiger partial charge >= 0.3 is 0 Å². The summed E-state index contributed by atoms with van der Waals surface area (Å²) in [6, 6.07) is 21.5. The number of carbonyl (C=O) groups excluding carboxylic acids is 1. The van der Waals surface area contributed by atoms with E-state index >= 15 is 0 Å². The molecule has 1 amide bonds. The number of hydrogen-bond donors (Lipinski definition) is 1. The first-order chi connectivity index (χ1) is 16.0. The maximum Gasteiger partial charge on any atom is 0.272 e. The minimum absolute atomic E-state index is 0.304. The zero-order valence-electron chi connectivity index (χ0n) is 19.4. The Balaban J connectivity index is 1.62. The number of anilines is 1. The quantitative estimate of drug-likeness (QED) is 0.290. The normalized spacial score (nSPS) is 12.2. The Morgan fingerprint density at radius 1 is 1.12 bits per heavy atom. The van der Waals surface area contributed by atoms with E-state index in [2.05, 4.69) is 48.6 Å². The van der Waals surface area contributed by atoms with E-state index in [0.29, 0.717) is 23.1 Å². The molecule has 0 saturated carbocycles. The first-order valence-corrected chi connectivity index (χ1v) is 11.1. The summed E-state index contributed by atoms with van der Waals surface area (Å²) in [5, 5.41) is 4.86. The van der Waals surface area contributed by atoms with Gasteiger partial charge in [-0.3, -0.25) is 4.79 Å². The molecule has 0 saturated heterocycles. The average molecular weight is 441 g/mol. The molecule has 0 bridgehead atoms. The largest absolute Gasteiger partial charge is 0.440 e. The molecule has 4 aromatic rings. The van der Waals surface area contributed by atoms with Gasteiger partial charge in [0.2, 0.25) is 0 Å². The maximum absolute atomic E-state index is 13.0. The lowest BCUT2D eigenvalue weighted by Crippen LogP contribution is -2.18. The van der Waals surface area contributed by atoms with Crippen LogP contribution in [0.15, 0.2) is 76.2 Å². The van der Waals surface area contributed by atoms with Crippen LogP contribution in [0.3, 0.4) is 0 Å². The molecule has 0 unspecified atom stereocenters. The van der Waals surface area contributed by atoms with Crippen LogP contribution in [0, 0.1) is 0 Å². The molecule has 1 N–H and O–H groups in total. The molecule has 6 nitrogen and oxygen atoms in total. The Bertz CT molecular complexity index is 1290. The van der Waals surface area contributed by atoms with Gasteiger partial charge in [-0.2, -0.15) is 5.10 Å². The minimum atomic E-state index is -0.304. The number of para-hydroxylation sites is 1. The highest BCUT2D eigenvalue weighted by Gasteiger charge is 2.14. The van der Waals surface area contributed by atoms with Gasteiger partial charge in [0.25, 0.3) is 5.91 Å². The van der Waals surface area contributed by atoms with Gasteiger partial charge in [0.1, 0.15) is 5.76 Å². The molecule has 1 atom stereocenters. The predicted octanol–water partition coefficient (Wildman–Crippen LogP) is 5.84. The van der Waals surface area contributed by atoms with Crippen LogP contribution < -0.4 is 10.3 Å². The van der Waals surface area contributed by atoms with Crippen molar-refractivity contribution in [3.8, 4) is 11.3 Å². The van der Waals surface area contributed by atoms with Gasteiger partial charge in [0.05, 0.1) is 23.0 Å². The SMILES string of the molecule is CC[C@H](C)c1ccc(-c2cc(C(=O)N/N=C\c3ccc(N(C)C)o3)c3ccccc3n2)cc1. The van der Waals surface area contributed by atoms with Gasteiger partial charge in [0.15, 0.2) is 5.88 Å². The number of hydrogen-bond acceptors (Lipinski definition) is 5. The van der Waals surface area contributed by atoms with Crippen molar-refractivity contribution in [3.05, 3.63) is 83.6 Å². The fourth-order valence-corrected chi connectivity index (χ4v) is 3.60. The molecule has 0 aliphatic carbocycles. The number of hydrazone groups is 1. The van der Waals surface area contributed by atoms with E-state index in [-0.39, 0.29) is 5.91 Å². The highest BCUT2D eigenvalue weighted by Crippen LogP contribution is 2.27. The van der Waals surface area contributed by atoms with Gasteiger partial charge in [-0.15, -0.1) is 0 Å². The average Bonchev–Trinajstić information content (AvgIpc) is 3.32. The summed E-state index contributed by atoms with van der Waals surface area (Å²) < 4.78 is 5.63. The van der Waals surface area contributed by atoms with Crippen molar-refractivity contribution in [1.82, 2.24) is 10.4 Å². The van der Waals surface area contributed by atoms with E-state index in [4.69, 9.17) is 9.40 Å². The molecule has 33 heavy (non-hydrogen) atoms. The molecule has 2 heterocycles. The topological polar surface area (TPSA) is 70.7 Å². The smallest absolute Gasteiger partial charge is 0.272 e. The number of carbonyl (C=O) groups is 1. The van der Waals surface area contributed by atoms with Gasteiger partial charge in [0, 0.05) is 31.1 Å². The number of pyridine rings is 1. The summed E-state index contributed by atoms with van der Waals surface area (Å²) in [5.74, 6) is 1.47. The van der Waals surface area contributed by atoms with E-state index in [1.165, 1.54) is 11.8 Å². The van der Waals surface area contributed by atoms with Crippen molar-refractivity contribution in [3.63, 3.8) is 0 Å². The van der Waals surface area contributed by atoms with Crippen LogP contribution in [0.2, 0.25) is 0 Å². The molecule has 0 aliphatic rings. The Labute approximate surface area is 193 Å². The second-order valence-electron chi connectivity index (χ2n) is 8.27. The number of fused-ring (bicyclic) bond motifs is 1. The fourth-order valence-electron chi connectivity index (χ4n) is 3.60. The van der Waals surface area contributed by atoms with Crippen molar-refractivity contribution >= 4 is 28.9 Å². The van der Waals surface area contributed by atoms with Crippen LogP contribution in [0.5, 0.6) is 0 Å². The summed E-state index contributed by atoms with van der Waals surface area (Å²) >= 11 is 0. The fraction of sp³-hybridized carbons (Fsp3) is 0.222. The third kappa shape index (κ3) is 4.95. The minimum Gasteiger partial charge on any atom is -0.440 e. The van der Waals surface area contributed by atoms with Crippen LogP contribution >= 0.6 is 0 Å². The highest BCUT2D eigenvalue weighted by atomic mass is 16.4. The monoisotopic (exact) mass is 440 g/mol. The lowest BCUT2D eigenvalue weighted by atomic mass is 9.96. The summed E-state index contributed by atoms with van der Waals surface area (Å²) in [6.07, 6.45) is 2.58. The maximum atomic E-state index is 13.0. The lowest BCUT2D eigenvalue weighted by molar-refractivity contribution is 0.0956. The van der Waals surface area contributed by atoms with Crippen LogP contribution in [0.25, 0.3) is 22.2 Å². The van der Waals surface area contributed by atoms with E-state index in [1.54, 1.807) is 6.07 Å². The first kappa shape index (κ1) is 22.3. The standard InChI is InChI=1S/C27H28N4O2/c1-5-18(2)19-10-12-20(13-11-19)25-16-23(22-8-6-7-9-24(22)29-25)27(32)30-28-17-21-14-15-26(33-21)31(3)4/h6-18H,5H2,1-4H3,(H,30,32)/b28-17-/t18-/m0/s1. The molecule has 0 aliphatic heterocycles. The summed E-state index contributed by atoms with van der Waals surface area (Å²) in [6.45, 7) is 4.40. The number of benzene rings is 2. The number of aromatic nitrogens is 1. The van der Waals surface area contributed by atoms with Gasteiger partial charge in [-0.1, -0.05) is 56.3 Å². The lowest BCUT2D eigenvalue weighted by Gasteiger charge is -2.11. The van der Waals surface area contributed by atoms with Crippen LogP contribution in [0.4, 0.5) is 5.88 Å². The first-order valence-electron chi connectivity index (χ1n) is 11.1. The van der Waals surface area contributed by atoms with Crippen molar-refractivity contribution < 1.29 is 9.21 Å². The molecule has 4 rings (SSSR count). The van der Waals surface area contributed by atoms with Crippen molar-refractivity contribution in [2.45, 2.75) is 26.2 Å². The summed E-state index contributed by atoms with van der Waals surface area (Å²) in [4.78, 5) is 19.7. The summed E-state index contributed by atoms with van der Waals surface area (Å²) in [5.41, 5.74) is 6.91. The zero-order valence-corrected chi connectivity index (χ0v) is 19.4. The van der Waals surface area contributed by atoms with E-state index in [0.717, 1.165) is 28.6 Å². The molecular weight excluding hydrogens is 412 g/mol. The molecule has 0 fully saturated rings. The van der Waals surface area contributed by atoms with Crippen LogP contribution in [-0.4, -0.2) is 31.2 Å². The number of amides is 1. The Morgan fingerprint density at radius 3 is 2.58 bits per heavy atom. The Hall–Kier alpha value is -3.93. The van der Waals surface area contributed by atoms with E-state index < -0.39 is 0 Å². The molecule has 2 aromatic heterocycles. The number of nitrogens with one attached hydrogen (secondary N) is 1. The second-order valence-corrected chi connectivity index (χ2v) is 8.27. The number of rotatable bonds is 7. The van der Waals surface area contributed by atoms with Crippen molar-refractivity contribution in [2.75, 3.05) is 19.0 Å². The van der Waals surface area contributed by atoms with E-state index in [1.807, 2.05) is 55.4 Å². The van der Waals surface area contributed by atoms with Crippen molar-refractivity contribution in [2.24, 2.45) is 5.10 Å². The van der Waals surface area contributed by atoms with Gasteiger partial charge in [-0.25, -0.2) is 10.4 Å². The van der Waals surface area contributed by atoms with Crippen LogP contribution in [0.1, 0.15) is 47.9 Å². The molecule has 0 radical (unpaired) electrons. The number of furan rings is 1. The molecule has 0 spiro atoms. The van der Waals surface area contributed by atoms with Gasteiger partial charge in [-0.05, 0) is 36.1 Å². The highest BCUT2D eigenvalue weighted by molar-refractivity contribution is 6.07. The molecule has 2 aromatic carbocycles. The molecular formula is C27H28N4O2. The van der Waals surface area contributed by atoms with Gasteiger partial charge < -0.3 is 9.32 Å². The predicted molar refractivity (Wildman–Crippen MR) is 134 cm³/mol. The summed E-state index contributed by atoms with van der Waals surface area (Å²) in [7, 11) is 3.79. The Kier molecular flexibility index (Phi) is 6.54. The van der Waals surface area contributed by atoms with Crippen molar-refractivity contribution in [1.29, 1.82) is 0 Å². The zero-order chi connectivity index (χ0) is 23.4. The number of nitrogens with zero attached hydrogens (tertiary/aromatic N) is 3. The third-order valence-corrected chi connectivity index (χ3v) is 5.76. The molecule has 168 valence electrons. The third-order valence-electron chi connectivity index (χ3n) is 5.76. The Morgan fingerprint density at radius 2 is 1.88 bits per heavy atom. The molecule has 6 heteroatoms.